The van der Waals surface area contributed by atoms with Gasteiger partial charge in [-0.3, -0.25) is 9.59 Å². The highest BCUT2D eigenvalue weighted by Crippen LogP contribution is 2.39. The maximum absolute atomic E-state index is 12.7. The molecule has 2 saturated heterocycles. The Kier molecular flexibility index (Phi) is 4.36. The standard InChI is InChI=1S/C16H24N2O4/c19-14-7-3-4-8-17(14)10-15(20)18-12-6-2-1-5-11(12)9-13(18)16(21)22/h11-13H,1-10H2,(H,21,22). The number of carbonyl (C=O) groups excluding carboxylic acids is 2. The molecule has 3 aliphatic rings. The Bertz CT molecular complexity index is 479. The summed E-state index contributed by atoms with van der Waals surface area (Å²) >= 11 is 0. The highest BCUT2D eigenvalue weighted by atomic mass is 16.4. The van der Waals surface area contributed by atoms with Crippen LogP contribution >= 0.6 is 0 Å². The summed E-state index contributed by atoms with van der Waals surface area (Å²) in [5, 5.41) is 9.46. The number of hydrogen-bond acceptors (Lipinski definition) is 3. The lowest BCUT2D eigenvalue weighted by Gasteiger charge is -2.35. The second kappa shape index (κ2) is 6.26. The first-order valence-corrected chi connectivity index (χ1v) is 8.39. The minimum Gasteiger partial charge on any atom is -0.480 e. The molecule has 3 atom stereocenters. The van der Waals surface area contributed by atoms with Crippen molar-refractivity contribution >= 4 is 17.8 Å². The molecule has 22 heavy (non-hydrogen) atoms. The van der Waals surface area contributed by atoms with Crippen LogP contribution < -0.4 is 0 Å². The molecule has 6 heteroatoms. The number of amides is 2. The van der Waals surface area contributed by atoms with Gasteiger partial charge in [-0.2, -0.15) is 0 Å². The Morgan fingerprint density at radius 3 is 2.64 bits per heavy atom. The largest absolute Gasteiger partial charge is 0.480 e. The molecule has 0 radical (unpaired) electrons. The van der Waals surface area contributed by atoms with Crippen molar-refractivity contribution in [3.63, 3.8) is 0 Å². The number of nitrogens with zero attached hydrogens (tertiary/aromatic N) is 2. The van der Waals surface area contributed by atoms with Gasteiger partial charge in [0.2, 0.25) is 11.8 Å². The average Bonchev–Trinajstić information content (AvgIpc) is 2.89. The van der Waals surface area contributed by atoms with E-state index in [9.17, 15) is 19.5 Å². The van der Waals surface area contributed by atoms with E-state index >= 15 is 0 Å². The van der Waals surface area contributed by atoms with Crippen molar-refractivity contribution in [2.24, 2.45) is 5.92 Å². The van der Waals surface area contributed by atoms with Crippen molar-refractivity contribution in [2.75, 3.05) is 13.1 Å². The number of piperidine rings is 1. The third-order valence-corrected chi connectivity index (χ3v) is 5.41. The first kappa shape index (κ1) is 15.3. The Morgan fingerprint density at radius 2 is 1.91 bits per heavy atom. The van der Waals surface area contributed by atoms with Gasteiger partial charge in [0.05, 0.1) is 6.54 Å². The van der Waals surface area contributed by atoms with Crippen LogP contribution in [0, 0.1) is 5.92 Å². The fraction of sp³-hybridized carbons (Fsp3) is 0.812. The Balaban J connectivity index is 1.73. The third kappa shape index (κ3) is 2.83. The Labute approximate surface area is 130 Å². The van der Waals surface area contributed by atoms with E-state index < -0.39 is 12.0 Å². The molecule has 1 saturated carbocycles. The quantitative estimate of drug-likeness (QED) is 0.851. The molecule has 3 fully saturated rings. The van der Waals surface area contributed by atoms with E-state index in [1.165, 1.54) is 0 Å². The van der Waals surface area contributed by atoms with Crippen LogP contribution in [0.15, 0.2) is 0 Å². The van der Waals surface area contributed by atoms with Gasteiger partial charge in [-0.15, -0.1) is 0 Å². The highest BCUT2D eigenvalue weighted by Gasteiger charge is 2.47. The molecule has 0 aromatic rings. The van der Waals surface area contributed by atoms with E-state index in [1.54, 1.807) is 9.80 Å². The fourth-order valence-corrected chi connectivity index (χ4v) is 4.31. The summed E-state index contributed by atoms with van der Waals surface area (Å²) in [6.07, 6.45) is 6.97. The van der Waals surface area contributed by atoms with Gasteiger partial charge in [0.15, 0.2) is 0 Å². The summed E-state index contributed by atoms with van der Waals surface area (Å²) in [7, 11) is 0. The van der Waals surface area contributed by atoms with Crippen LogP contribution in [0.2, 0.25) is 0 Å². The van der Waals surface area contributed by atoms with Crippen LogP contribution in [0.25, 0.3) is 0 Å². The van der Waals surface area contributed by atoms with Gasteiger partial charge in [-0.05, 0) is 38.0 Å². The lowest BCUT2D eigenvalue weighted by atomic mass is 9.85. The summed E-state index contributed by atoms with van der Waals surface area (Å²) in [5.41, 5.74) is 0. The number of carboxylic acid groups (broad SMARTS) is 1. The first-order valence-electron chi connectivity index (χ1n) is 8.39. The summed E-state index contributed by atoms with van der Waals surface area (Å²) in [6.45, 7) is 0.663. The van der Waals surface area contributed by atoms with Gasteiger partial charge in [0.1, 0.15) is 6.04 Å². The van der Waals surface area contributed by atoms with Crippen molar-refractivity contribution in [1.82, 2.24) is 9.80 Å². The van der Waals surface area contributed by atoms with Crippen LogP contribution in [0.4, 0.5) is 0 Å². The second-order valence-corrected chi connectivity index (χ2v) is 6.78. The Morgan fingerprint density at radius 1 is 1.14 bits per heavy atom. The average molecular weight is 308 g/mol. The van der Waals surface area contributed by atoms with Gasteiger partial charge >= 0.3 is 5.97 Å². The van der Waals surface area contributed by atoms with E-state index in [2.05, 4.69) is 0 Å². The van der Waals surface area contributed by atoms with Crippen LogP contribution in [0.3, 0.4) is 0 Å². The van der Waals surface area contributed by atoms with E-state index in [0.29, 0.717) is 25.3 Å². The number of likely N-dealkylation sites (tertiary alicyclic amines) is 2. The third-order valence-electron chi connectivity index (χ3n) is 5.41. The summed E-state index contributed by atoms with van der Waals surface area (Å²) in [6, 6.07) is -0.650. The smallest absolute Gasteiger partial charge is 0.326 e. The zero-order chi connectivity index (χ0) is 15.7. The predicted octanol–water partition coefficient (Wildman–Crippen LogP) is 1.24. The minimum atomic E-state index is -0.910. The number of carbonyl (C=O) groups is 3. The van der Waals surface area contributed by atoms with Crippen LogP contribution in [-0.4, -0.2) is 57.9 Å². The SMILES string of the molecule is O=C(O)C1CC2CCCCC2N1C(=O)CN1CCCCC1=O. The topological polar surface area (TPSA) is 77.9 Å². The van der Waals surface area contributed by atoms with Gasteiger partial charge in [-0.25, -0.2) is 4.79 Å². The summed E-state index contributed by atoms with van der Waals surface area (Å²) < 4.78 is 0. The van der Waals surface area contributed by atoms with Gasteiger partial charge in [0.25, 0.3) is 0 Å². The molecule has 0 bridgehead atoms. The molecular formula is C16H24N2O4. The zero-order valence-corrected chi connectivity index (χ0v) is 12.9. The molecule has 3 unspecified atom stereocenters. The van der Waals surface area contributed by atoms with Crippen molar-refractivity contribution in [3.8, 4) is 0 Å². The molecule has 2 amide bonds. The second-order valence-electron chi connectivity index (χ2n) is 6.78. The molecule has 2 aliphatic heterocycles. The van der Waals surface area contributed by atoms with Crippen molar-refractivity contribution < 1.29 is 19.5 Å². The maximum Gasteiger partial charge on any atom is 0.326 e. The fourth-order valence-electron chi connectivity index (χ4n) is 4.31. The van der Waals surface area contributed by atoms with E-state index in [1.807, 2.05) is 0 Å². The lowest BCUT2D eigenvalue weighted by molar-refractivity contribution is -0.152. The molecule has 2 heterocycles. The molecule has 0 aromatic carbocycles. The molecule has 122 valence electrons. The molecule has 3 rings (SSSR count). The van der Waals surface area contributed by atoms with Crippen LogP contribution in [-0.2, 0) is 14.4 Å². The highest BCUT2D eigenvalue weighted by molar-refractivity contribution is 5.89. The normalized spacial score (nSPS) is 32.0. The number of hydrogen-bond donors (Lipinski definition) is 1. The van der Waals surface area contributed by atoms with Gasteiger partial charge in [0, 0.05) is 19.0 Å². The lowest BCUT2D eigenvalue weighted by Crippen LogP contribution is -2.51. The molecule has 1 aliphatic carbocycles. The number of carboxylic acids is 1. The molecule has 0 aromatic heterocycles. The monoisotopic (exact) mass is 308 g/mol. The molecular weight excluding hydrogens is 284 g/mol. The van der Waals surface area contributed by atoms with E-state index in [4.69, 9.17) is 0 Å². The van der Waals surface area contributed by atoms with E-state index in [0.717, 1.165) is 38.5 Å². The number of fused-ring (bicyclic) bond motifs is 1. The summed E-state index contributed by atoms with van der Waals surface area (Å²) in [5.74, 6) is -0.758. The zero-order valence-electron chi connectivity index (χ0n) is 12.9. The number of aliphatic carboxylic acids is 1. The molecule has 6 nitrogen and oxygen atoms in total. The van der Waals surface area contributed by atoms with Crippen molar-refractivity contribution in [3.05, 3.63) is 0 Å². The van der Waals surface area contributed by atoms with Crippen molar-refractivity contribution in [2.45, 2.75) is 63.5 Å². The number of rotatable bonds is 3. The van der Waals surface area contributed by atoms with Crippen LogP contribution in [0.1, 0.15) is 51.4 Å². The van der Waals surface area contributed by atoms with Gasteiger partial charge < -0.3 is 14.9 Å². The first-order chi connectivity index (χ1) is 10.6. The Hall–Kier alpha value is -1.59. The predicted molar refractivity (Wildman–Crippen MR) is 79.1 cm³/mol. The summed E-state index contributed by atoms with van der Waals surface area (Å²) in [4.78, 5) is 39.3. The molecule has 1 N–H and O–H groups in total. The van der Waals surface area contributed by atoms with Crippen molar-refractivity contribution in [1.29, 1.82) is 0 Å². The van der Waals surface area contributed by atoms with E-state index in [-0.39, 0.29) is 24.4 Å². The van der Waals surface area contributed by atoms with Crippen LogP contribution in [0.5, 0.6) is 0 Å². The minimum absolute atomic E-state index is 0.0193. The maximum atomic E-state index is 12.7. The molecule has 0 spiro atoms. The van der Waals surface area contributed by atoms with Gasteiger partial charge in [-0.1, -0.05) is 12.8 Å².